The van der Waals surface area contributed by atoms with Crippen LogP contribution in [0.3, 0.4) is 0 Å². The van der Waals surface area contributed by atoms with Crippen LogP contribution < -0.4 is 4.74 Å². The zero-order valence-electron chi connectivity index (χ0n) is 7.23. The molecule has 4 heteroatoms. The van der Waals surface area contributed by atoms with Crippen molar-refractivity contribution in [3.63, 3.8) is 0 Å². The van der Waals surface area contributed by atoms with Gasteiger partial charge in [-0.2, -0.15) is 0 Å². The minimum Gasteiger partial charge on any atom is -0.496 e. The van der Waals surface area contributed by atoms with E-state index in [1.165, 1.54) is 7.11 Å². The maximum atomic E-state index is 10.6. The molecule has 0 atom stereocenters. The summed E-state index contributed by atoms with van der Waals surface area (Å²) in [6.07, 6.45) is 0.636. The molecule has 0 unspecified atom stereocenters. The highest BCUT2D eigenvalue weighted by molar-refractivity contribution is 6.39. The van der Waals surface area contributed by atoms with Crippen molar-refractivity contribution in [2.24, 2.45) is 0 Å². The van der Waals surface area contributed by atoms with Gasteiger partial charge in [-0.05, 0) is 13.0 Å². The second-order valence-corrected chi connectivity index (χ2v) is 3.32. The number of hydrogen-bond acceptors (Lipinski definition) is 2. The Hall–Kier alpha value is -0.730. The van der Waals surface area contributed by atoms with E-state index < -0.39 is 0 Å². The third-order valence-corrected chi connectivity index (χ3v) is 2.59. The second-order valence-electron chi connectivity index (χ2n) is 2.53. The van der Waals surface area contributed by atoms with Crippen LogP contribution in [0.25, 0.3) is 0 Å². The summed E-state index contributed by atoms with van der Waals surface area (Å²) < 4.78 is 5.02. The molecule has 0 aromatic heterocycles. The van der Waals surface area contributed by atoms with Crippen LogP contribution in [0.15, 0.2) is 6.07 Å². The highest BCUT2D eigenvalue weighted by Crippen LogP contribution is 2.33. The molecule has 0 spiro atoms. The molecule has 13 heavy (non-hydrogen) atoms. The molecule has 2 nitrogen and oxygen atoms in total. The van der Waals surface area contributed by atoms with Crippen molar-refractivity contribution in [1.29, 1.82) is 0 Å². The lowest BCUT2D eigenvalue weighted by atomic mass is 10.1. The molecule has 0 fully saturated rings. The van der Waals surface area contributed by atoms with E-state index in [1.807, 2.05) is 0 Å². The van der Waals surface area contributed by atoms with Gasteiger partial charge in [0.05, 0.1) is 22.7 Å². The van der Waals surface area contributed by atoms with E-state index in [0.717, 1.165) is 5.56 Å². The van der Waals surface area contributed by atoms with E-state index in [2.05, 4.69) is 0 Å². The fourth-order valence-electron chi connectivity index (χ4n) is 1.04. The van der Waals surface area contributed by atoms with Gasteiger partial charge in [-0.3, -0.25) is 4.79 Å². The molecule has 1 aromatic carbocycles. The summed E-state index contributed by atoms with van der Waals surface area (Å²) in [5.74, 6) is 0.584. The van der Waals surface area contributed by atoms with E-state index in [4.69, 9.17) is 27.9 Å². The first-order valence-electron chi connectivity index (χ1n) is 3.59. The van der Waals surface area contributed by atoms with Gasteiger partial charge in [0.25, 0.3) is 0 Å². The third-order valence-electron chi connectivity index (χ3n) is 1.79. The summed E-state index contributed by atoms with van der Waals surface area (Å²) in [7, 11) is 1.52. The zero-order valence-corrected chi connectivity index (χ0v) is 8.74. The van der Waals surface area contributed by atoms with Crippen molar-refractivity contribution in [3.05, 3.63) is 27.2 Å². The number of carbonyl (C=O) groups is 1. The molecule has 0 N–H and O–H groups in total. The lowest BCUT2D eigenvalue weighted by Crippen LogP contribution is -1.93. The van der Waals surface area contributed by atoms with Crippen molar-refractivity contribution in [1.82, 2.24) is 0 Å². The molecule has 0 aliphatic heterocycles. The standard InChI is InChI=1S/C9H8Cl2O2/c1-5-8(13-2)3-7(10)6(4-12)9(5)11/h3-4H,1-2H3. The minimum absolute atomic E-state index is 0.307. The molecule has 0 amide bonds. The second kappa shape index (κ2) is 3.99. The van der Waals surface area contributed by atoms with Gasteiger partial charge in [-0.1, -0.05) is 23.2 Å². The Bertz CT molecular complexity index is 348. The van der Waals surface area contributed by atoms with Gasteiger partial charge in [0.15, 0.2) is 6.29 Å². The van der Waals surface area contributed by atoms with Crippen molar-refractivity contribution >= 4 is 29.5 Å². The lowest BCUT2D eigenvalue weighted by molar-refractivity contribution is 0.112. The third kappa shape index (κ3) is 1.79. The van der Waals surface area contributed by atoms with Crippen molar-refractivity contribution in [2.45, 2.75) is 6.92 Å². The Morgan fingerprint density at radius 3 is 2.54 bits per heavy atom. The lowest BCUT2D eigenvalue weighted by Gasteiger charge is -2.09. The van der Waals surface area contributed by atoms with Gasteiger partial charge >= 0.3 is 0 Å². The molecule has 0 aliphatic carbocycles. The average Bonchev–Trinajstić information content (AvgIpc) is 2.12. The van der Waals surface area contributed by atoms with Crippen molar-refractivity contribution in [2.75, 3.05) is 7.11 Å². The Kier molecular flexibility index (Phi) is 3.17. The first-order chi connectivity index (χ1) is 6.11. The first-order valence-corrected chi connectivity index (χ1v) is 4.35. The number of hydrogen-bond donors (Lipinski definition) is 0. The molecular formula is C9H8Cl2O2. The van der Waals surface area contributed by atoms with E-state index in [-0.39, 0.29) is 0 Å². The average molecular weight is 219 g/mol. The summed E-state index contributed by atoms with van der Waals surface area (Å²) in [6, 6.07) is 1.58. The number of carbonyl (C=O) groups excluding carboxylic acids is 1. The smallest absolute Gasteiger partial charge is 0.153 e. The van der Waals surface area contributed by atoms with Crippen molar-refractivity contribution < 1.29 is 9.53 Å². The molecule has 70 valence electrons. The maximum Gasteiger partial charge on any atom is 0.153 e. The van der Waals surface area contributed by atoms with Crippen molar-refractivity contribution in [3.8, 4) is 5.75 Å². The van der Waals surface area contributed by atoms with Crippen LogP contribution in [0.1, 0.15) is 15.9 Å². The summed E-state index contributed by atoms with van der Waals surface area (Å²) in [6.45, 7) is 1.77. The number of benzene rings is 1. The molecule has 1 rings (SSSR count). The van der Waals surface area contributed by atoms with Gasteiger partial charge < -0.3 is 4.74 Å². The first kappa shape index (κ1) is 10.4. The number of ether oxygens (including phenoxy) is 1. The molecule has 0 aliphatic rings. The van der Waals surface area contributed by atoms with Crippen LogP contribution in [0.4, 0.5) is 0 Å². The van der Waals surface area contributed by atoms with Crippen LogP contribution in [0.2, 0.25) is 10.0 Å². The van der Waals surface area contributed by atoms with Gasteiger partial charge in [0.2, 0.25) is 0 Å². The van der Waals surface area contributed by atoms with Crippen LogP contribution in [0, 0.1) is 6.92 Å². The van der Waals surface area contributed by atoms with E-state index in [0.29, 0.717) is 27.6 Å². The van der Waals surface area contributed by atoms with Crippen LogP contribution >= 0.6 is 23.2 Å². The summed E-state index contributed by atoms with van der Waals surface area (Å²) in [5.41, 5.74) is 1.03. The predicted octanol–water partition coefficient (Wildman–Crippen LogP) is 3.12. The van der Waals surface area contributed by atoms with Crippen LogP contribution in [-0.4, -0.2) is 13.4 Å². The Morgan fingerprint density at radius 2 is 2.08 bits per heavy atom. The van der Waals surface area contributed by atoms with Gasteiger partial charge in [0, 0.05) is 5.56 Å². The highest BCUT2D eigenvalue weighted by Gasteiger charge is 2.12. The fourth-order valence-corrected chi connectivity index (χ4v) is 1.56. The fraction of sp³-hybridized carbons (Fsp3) is 0.222. The van der Waals surface area contributed by atoms with Gasteiger partial charge in [-0.25, -0.2) is 0 Å². The quantitative estimate of drug-likeness (QED) is 0.714. The van der Waals surface area contributed by atoms with E-state index >= 15 is 0 Å². The SMILES string of the molecule is COc1cc(Cl)c(C=O)c(Cl)c1C. The topological polar surface area (TPSA) is 26.3 Å². The maximum absolute atomic E-state index is 10.6. The van der Waals surface area contributed by atoms with Crippen LogP contribution in [-0.2, 0) is 0 Å². The molecule has 0 heterocycles. The number of rotatable bonds is 2. The largest absolute Gasteiger partial charge is 0.496 e. The Labute approximate surface area is 86.4 Å². The molecule has 0 radical (unpaired) electrons. The van der Waals surface area contributed by atoms with E-state index in [9.17, 15) is 4.79 Å². The van der Waals surface area contributed by atoms with E-state index in [1.54, 1.807) is 13.0 Å². The predicted molar refractivity (Wildman–Crippen MR) is 53.1 cm³/mol. The minimum atomic E-state index is 0.307. The monoisotopic (exact) mass is 218 g/mol. The Morgan fingerprint density at radius 1 is 1.46 bits per heavy atom. The number of aldehydes is 1. The summed E-state index contributed by atoms with van der Waals surface area (Å²) >= 11 is 11.7. The zero-order chi connectivity index (χ0) is 10.0. The summed E-state index contributed by atoms with van der Waals surface area (Å²) in [4.78, 5) is 10.6. The normalized spacial score (nSPS) is 9.85. The van der Waals surface area contributed by atoms with Gasteiger partial charge in [-0.15, -0.1) is 0 Å². The summed E-state index contributed by atoms with van der Waals surface area (Å²) in [5, 5.41) is 0.654. The molecule has 0 saturated heterocycles. The molecule has 0 bridgehead atoms. The molecule has 1 aromatic rings. The molecule has 0 saturated carbocycles. The van der Waals surface area contributed by atoms with Crippen LogP contribution in [0.5, 0.6) is 5.75 Å². The highest BCUT2D eigenvalue weighted by atomic mass is 35.5. The molecular weight excluding hydrogens is 211 g/mol. The van der Waals surface area contributed by atoms with Gasteiger partial charge in [0.1, 0.15) is 5.75 Å². The number of methoxy groups -OCH3 is 1. The Balaban J connectivity index is 3.45. The number of halogens is 2.